The molecule has 0 radical (unpaired) electrons. The van der Waals surface area contributed by atoms with Crippen LogP contribution >= 0.6 is 0 Å². The Morgan fingerprint density at radius 2 is 1.77 bits per heavy atom. The normalized spacial score (nSPS) is 20.8. The average molecular weight is 503 g/mol. The minimum atomic E-state index is -2.11. The third-order valence-electron chi connectivity index (χ3n) is 7.55. The number of hydrogen-bond donors (Lipinski definition) is 1. The highest BCUT2D eigenvalue weighted by Crippen LogP contribution is 2.44. The molecule has 0 spiro atoms. The van der Waals surface area contributed by atoms with E-state index in [4.69, 9.17) is 9.16 Å². The summed E-state index contributed by atoms with van der Waals surface area (Å²) in [7, 11) is -2.11. The first kappa shape index (κ1) is 27.7. The van der Waals surface area contributed by atoms with E-state index < -0.39 is 13.9 Å². The zero-order chi connectivity index (χ0) is 26.1. The predicted molar refractivity (Wildman–Crippen MR) is 145 cm³/mol. The van der Waals surface area contributed by atoms with Crippen LogP contribution in [0.25, 0.3) is 5.57 Å². The second-order valence-corrected chi connectivity index (χ2v) is 17.5. The molecule has 1 aliphatic heterocycles. The lowest BCUT2D eigenvalue weighted by molar-refractivity contribution is -0.00123. The first-order valence-corrected chi connectivity index (χ1v) is 15.3. The van der Waals surface area contributed by atoms with Gasteiger partial charge in [0.25, 0.3) is 0 Å². The van der Waals surface area contributed by atoms with E-state index in [0.717, 1.165) is 35.5 Å². The Morgan fingerprint density at radius 3 is 2.34 bits per heavy atom. The summed E-state index contributed by atoms with van der Waals surface area (Å²) in [6, 6.07) is -0.361. The molecule has 2 heterocycles. The van der Waals surface area contributed by atoms with Gasteiger partial charge in [-0.3, -0.25) is 4.90 Å². The van der Waals surface area contributed by atoms with Crippen molar-refractivity contribution in [3.8, 4) is 0 Å². The molecule has 1 aromatic heterocycles. The van der Waals surface area contributed by atoms with Gasteiger partial charge in [0.15, 0.2) is 8.32 Å². The van der Waals surface area contributed by atoms with E-state index in [-0.39, 0.29) is 18.2 Å². The molecule has 3 rings (SSSR count). The number of amides is 1. The molecule has 1 amide bonds. The Bertz CT molecular complexity index is 917. The number of rotatable bonds is 6. The predicted octanol–water partition coefficient (Wildman–Crippen LogP) is 6.94. The number of ether oxygens (including phenoxy) is 1. The molecule has 35 heavy (non-hydrogen) atoms. The molecule has 0 saturated carbocycles. The van der Waals surface area contributed by atoms with Crippen molar-refractivity contribution in [2.45, 2.75) is 116 Å². The zero-order valence-electron chi connectivity index (χ0n) is 23.4. The lowest BCUT2D eigenvalue weighted by Gasteiger charge is -2.44. The van der Waals surface area contributed by atoms with E-state index in [0.29, 0.717) is 29.8 Å². The van der Waals surface area contributed by atoms with Crippen LogP contribution in [0.3, 0.4) is 0 Å². The van der Waals surface area contributed by atoms with Gasteiger partial charge in [-0.25, -0.2) is 14.8 Å². The summed E-state index contributed by atoms with van der Waals surface area (Å²) in [4.78, 5) is 24.9. The molecule has 0 saturated heterocycles. The van der Waals surface area contributed by atoms with Gasteiger partial charge in [0, 0.05) is 12.1 Å². The van der Waals surface area contributed by atoms with Crippen LogP contribution in [0.15, 0.2) is 12.4 Å². The number of aromatic nitrogens is 2. The van der Waals surface area contributed by atoms with Crippen LogP contribution in [0.1, 0.15) is 99.4 Å². The van der Waals surface area contributed by atoms with Crippen LogP contribution in [-0.2, 0) is 9.16 Å². The maximum Gasteiger partial charge on any atom is 0.411 e. The van der Waals surface area contributed by atoms with Gasteiger partial charge in [-0.15, -0.1) is 0 Å². The van der Waals surface area contributed by atoms with Crippen molar-refractivity contribution in [1.82, 2.24) is 14.9 Å². The molecule has 1 aromatic rings. The molecular formula is C27H46N4O3Si. The maximum absolute atomic E-state index is 13.8. The molecule has 196 valence electrons. The minimum absolute atomic E-state index is 0.179. The van der Waals surface area contributed by atoms with Gasteiger partial charge < -0.3 is 14.5 Å². The first-order chi connectivity index (χ1) is 16.3. The van der Waals surface area contributed by atoms with Crippen molar-refractivity contribution in [2.24, 2.45) is 0 Å². The maximum atomic E-state index is 13.8. The quantitative estimate of drug-likeness (QED) is 0.425. The average Bonchev–Trinajstić information content (AvgIpc) is 2.99. The minimum Gasteiger partial charge on any atom is -0.444 e. The summed E-state index contributed by atoms with van der Waals surface area (Å²) in [6.07, 6.45) is 5.19. The number of hydrogen-bond acceptors (Lipinski definition) is 6. The Hall–Kier alpha value is -1.93. The molecule has 1 aliphatic carbocycles. The monoisotopic (exact) mass is 502 g/mol. The number of carbonyl (C=O) groups excluding carboxylic acids is 1. The smallest absolute Gasteiger partial charge is 0.411 e. The number of allylic oxidation sites excluding steroid dienone is 2. The van der Waals surface area contributed by atoms with Crippen LogP contribution in [-0.4, -0.2) is 54.1 Å². The van der Waals surface area contributed by atoms with Gasteiger partial charge >= 0.3 is 6.09 Å². The highest BCUT2D eigenvalue weighted by Gasteiger charge is 2.47. The largest absolute Gasteiger partial charge is 0.444 e. The van der Waals surface area contributed by atoms with E-state index in [1.54, 1.807) is 6.33 Å². The Labute approximate surface area is 213 Å². The molecule has 0 unspecified atom stereocenters. The summed E-state index contributed by atoms with van der Waals surface area (Å²) >= 11 is 0. The fourth-order valence-electron chi connectivity index (χ4n) is 6.18. The Morgan fingerprint density at radius 1 is 1.14 bits per heavy atom. The van der Waals surface area contributed by atoms with Gasteiger partial charge in [-0.1, -0.05) is 47.6 Å². The lowest BCUT2D eigenvalue weighted by atomic mass is 9.99. The molecule has 0 fully saturated rings. The van der Waals surface area contributed by atoms with E-state index in [9.17, 15) is 4.79 Å². The van der Waals surface area contributed by atoms with Crippen molar-refractivity contribution in [3.05, 3.63) is 23.7 Å². The van der Waals surface area contributed by atoms with Crippen LogP contribution in [0, 0.1) is 0 Å². The molecule has 0 aromatic carbocycles. The summed E-state index contributed by atoms with van der Waals surface area (Å²) in [6.45, 7) is 22.6. The Balaban J connectivity index is 2.05. The SMILES string of the molecule is CC1=CCC[C@@H]2c3c(ncnc31)NC[C@@H](CO[Si](C(C)C)(C(C)C)C(C)C)N2C(=O)OC(C)(C)C. The van der Waals surface area contributed by atoms with Crippen molar-refractivity contribution in [2.75, 3.05) is 18.5 Å². The number of nitrogens with zero attached hydrogens (tertiary/aromatic N) is 3. The number of anilines is 1. The van der Waals surface area contributed by atoms with Gasteiger partial charge in [-0.05, 0) is 62.7 Å². The van der Waals surface area contributed by atoms with Crippen molar-refractivity contribution < 1.29 is 14.0 Å². The zero-order valence-corrected chi connectivity index (χ0v) is 24.4. The second kappa shape index (κ2) is 10.6. The van der Waals surface area contributed by atoms with Crippen molar-refractivity contribution in [3.63, 3.8) is 0 Å². The Kier molecular flexibility index (Phi) is 8.36. The number of carbonyl (C=O) groups is 1. The standard InChI is InChI=1S/C27H46N4O3Si/c1-17(2)35(18(3)4,19(5)6)33-15-21-14-28-25-23-22(31(21)26(32)34-27(8,9)10)13-11-12-20(7)24(23)29-16-30-25/h12,16-19,21-22H,11,13-15H2,1-10H3,(H,28,29,30)/t21-,22+/m0/s1. The molecule has 7 nitrogen and oxygen atoms in total. The summed E-state index contributed by atoms with van der Waals surface area (Å²) in [5.41, 5.74) is 3.84. The van der Waals surface area contributed by atoms with E-state index in [1.165, 1.54) is 0 Å². The summed E-state index contributed by atoms with van der Waals surface area (Å²) in [5, 5.41) is 3.54. The van der Waals surface area contributed by atoms with Crippen molar-refractivity contribution in [1.29, 1.82) is 0 Å². The highest BCUT2D eigenvalue weighted by molar-refractivity contribution is 6.77. The molecule has 0 bridgehead atoms. The fraction of sp³-hybridized carbons (Fsp3) is 0.741. The van der Waals surface area contributed by atoms with Gasteiger partial charge in [0.05, 0.1) is 24.4 Å². The first-order valence-electron chi connectivity index (χ1n) is 13.2. The molecule has 2 atom stereocenters. The van der Waals surface area contributed by atoms with Gasteiger partial charge in [-0.2, -0.15) is 0 Å². The summed E-state index contributed by atoms with van der Waals surface area (Å²) in [5.74, 6) is 0.811. The van der Waals surface area contributed by atoms with Gasteiger partial charge in [0.1, 0.15) is 17.7 Å². The fourth-order valence-corrected chi connectivity index (χ4v) is 11.7. The van der Waals surface area contributed by atoms with E-state index >= 15 is 0 Å². The van der Waals surface area contributed by atoms with Crippen LogP contribution < -0.4 is 5.32 Å². The number of nitrogens with one attached hydrogen (secondary N) is 1. The van der Waals surface area contributed by atoms with E-state index in [1.807, 2.05) is 25.7 Å². The van der Waals surface area contributed by atoms with E-state index in [2.05, 4.69) is 69.8 Å². The van der Waals surface area contributed by atoms with Gasteiger partial charge in [0.2, 0.25) is 0 Å². The second-order valence-electron chi connectivity index (χ2n) is 12.0. The van der Waals surface area contributed by atoms with Crippen LogP contribution in [0.5, 0.6) is 0 Å². The molecule has 8 heteroatoms. The summed E-state index contributed by atoms with van der Waals surface area (Å²) < 4.78 is 13.0. The van der Waals surface area contributed by atoms with Crippen LogP contribution in [0.2, 0.25) is 16.6 Å². The third kappa shape index (κ3) is 5.58. The molecule has 1 N–H and O–H groups in total. The topological polar surface area (TPSA) is 76.6 Å². The molecular weight excluding hydrogens is 456 g/mol. The lowest BCUT2D eigenvalue weighted by Crippen LogP contribution is -2.54. The van der Waals surface area contributed by atoms with Crippen molar-refractivity contribution >= 4 is 25.8 Å². The highest BCUT2D eigenvalue weighted by atomic mass is 28.4. The van der Waals surface area contributed by atoms with Crippen LogP contribution in [0.4, 0.5) is 10.6 Å². The third-order valence-corrected chi connectivity index (χ3v) is 13.6. The molecule has 2 aliphatic rings.